The lowest BCUT2D eigenvalue weighted by Gasteiger charge is -2.42. The first-order valence-electron chi connectivity index (χ1n) is 9.96. The maximum Gasteiger partial charge on any atom is 0.223 e. The summed E-state index contributed by atoms with van der Waals surface area (Å²) in [6.07, 6.45) is 4.23. The van der Waals surface area contributed by atoms with Crippen molar-refractivity contribution in [2.24, 2.45) is 5.92 Å². The first-order chi connectivity index (χ1) is 13.1. The number of nitrogens with zero attached hydrogens (tertiary/aromatic N) is 1. The fourth-order valence-corrected chi connectivity index (χ4v) is 4.45. The zero-order valence-electron chi connectivity index (χ0n) is 15.9. The number of hydrogen-bond donors (Lipinski definition) is 1. The standard InChI is InChI=1S/C21H28N2O4/c1-23-11-10-21(9-6-19(23)24)14-17(16-4-2-3-5-18(16)27-21)22-20(25)15-7-12-26-13-8-15/h2-5,15,17H,6-14H2,1H3,(H,22,25)/t17-,21+/m0/s1. The SMILES string of the molecule is CN1CC[C@]2(CCC1=O)C[C@H](NC(=O)C1CCOCC1)c1ccccc1O2. The van der Waals surface area contributed by atoms with Crippen molar-refractivity contribution in [1.82, 2.24) is 10.2 Å². The summed E-state index contributed by atoms with van der Waals surface area (Å²) in [6, 6.07) is 7.87. The lowest BCUT2D eigenvalue weighted by molar-refractivity contribution is -0.130. The molecule has 2 atom stereocenters. The number of fused-ring (bicyclic) bond motifs is 1. The molecule has 146 valence electrons. The van der Waals surface area contributed by atoms with Gasteiger partial charge in [0.05, 0.1) is 6.04 Å². The van der Waals surface area contributed by atoms with E-state index in [4.69, 9.17) is 9.47 Å². The van der Waals surface area contributed by atoms with Gasteiger partial charge < -0.3 is 19.7 Å². The molecule has 1 N–H and O–H groups in total. The number of benzene rings is 1. The quantitative estimate of drug-likeness (QED) is 0.866. The fourth-order valence-electron chi connectivity index (χ4n) is 4.45. The summed E-state index contributed by atoms with van der Waals surface area (Å²) in [4.78, 5) is 26.8. The van der Waals surface area contributed by atoms with Gasteiger partial charge in [0.15, 0.2) is 0 Å². The van der Waals surface area contributed by atoms with E-state index in [-0.39, 0.29) is 23.8 Å². The molecule has 2 saturated heterocycles. The second-order valence-corrected chi connectivity index (χ2v) is 8.04. The van der Waals surface area contributed by atoms with E-state index < -0.39 is 5.60 Å². The summed E-state index contributed by atoms with van der Waals surface area (Å²) >= 11 is 0. The normalized spacial score (nSPS) is 29.0. The number of rotatable bonds is 2. The lowest BCUT2D eigenvalue weighted by Crippen LogP contribution is -2.47. The van der Waals surface area contributed by atoms with Crippen LogP contribution in [0.15, 0.2) is 24.3 Å². The van der Waals surface area contributed by atoms with Crippen molar-refractivity contribution in [1.29, 1.82) is 0 Å². The average Bonchev–Trinajstić information content (AvgIpc) is 2.83. The van der Waals surface area contributed by atoms with Crippen LogP contribution in [0.1, 0.15) is 50.1 Å². The molecule has 3 heterocycles. The van der Waals surface area contributed by atoms with Crippen molar-refractivity contribution in [3.05, 3.63) is 29.8 Å². The Bertz CT molecular complexity index is 716. The summed E-state index contributed by atoms with van der Waals surface area (Å²) in [6.45, 7) is 1.99. The number of para-hydroxylation sites is 1. The van der Waals surface area contributed by atoms with Crippen LogP contribution in [0.25, 0.3) is 0 Å². The lowest BCUT2D eigenvalue weighted by atomic mass is 9.82. The van der Waals surface area contributed by atoms with Gasteiger partial charge in [-0.25, -0.2) is 0 Å². The molecule has 6 heteroatoms. The maximum atomic E-state index is 12.8. The van der Waals surface area contributed by atoms with Crippen molar-refractivity contribution in [3.63, 3.8) is 0 Å². The van der Waals surface area contributed by atoms with Gasteiger partial charge in [0.2, 0.25) is 11.8 Å². The fraction of sp³-hybridized carbons (Fsp3) is 0.619. The zero-order valence-corrected chi connectivity index (χ0v) is 15.9. The van der Waals surface area contributed by atoms with Crippen molar-refractivity contribution >= 4 is 11.8 Å². The Morgan fingerprint density at radius 2 is 2.00 bits per heavy atom. The number of hydrogen-bond acceptors (Lipinski definition) is 4. The molecule has 0 saturated carbocycles. The molecule has 27 heavy (non-hydrogen) atoms. The van der Waals surface area contributed by atoms with Crippen LogP contribution >= 0.6 is 0 Å². The molecular weight excluding hydrogens is 344 g/mol. The summed E-state index contributed by atoms with van der Waals surface area (Å²) in [7, 11) is 1.85. The molecule has 3 aliphatic rings. The predicted octanol–water partition coefficient (Wildman–Crippen LogP) is 2.43. The molecule has 0 bridgehead atoms. The molecular formula is C21H28N2O4. The van der Waals surface area contributed by atoms with E-state index in [1.165, 1.54) is 0 Å². The molecule has 1 spiro atoms. The van der Waals surface area contributed by atoms with E-state index >= 15 is 0 Å². The van der Waals surface area contributed by atoms with Gasteiger partial charge in [-0.3, -0.25) is 9.59 Å². The zero-order chi connectivity index (χ0) is 18.9. The molecule has 4 rings (SSSR count). The third-order valence-corrected chi connectivity index (χ3v) is 6.23. The van der Waals surface area contributed by atoms with Crippen LogP contribution in [0.2, 0.25) is 0 Å². The Labute approximate surface area is 160 Å². The Kier molecular flexibility index (Phi) is 5.08. The van der Waals surface area contributed by atoms with E-state index in [0.717, 1.165) is 30.6 Å². The van der Waals surface area contributed by atoms with Gasteiger partial charge >= 0.3 is 0 Å². The highest BCUT2D eigenvalue weighted by Crippen LogP contribution is 2.44. The smallest absolute Gasteiger partial charge is 0.223 e. The van der Waals surface area contributed by atoms with Crippen LogP contribution in [0.4, 0.5) is 0 Å². The van der Waals surface area contributed by atoms with Crippen molar-refractivity contribution in [3.8, 4) is 5.75 Å². The molecule has 0 unspecified atom stereocenters. The average molecular weight is 372 g/mol. The summed E-state index contributed by atoms with van der Waals surface area (Å²) in [5, 5.41) is 3.29. The van der Waals surface area contributed by atoms with Gasteiger partial charge in [0.1, 0.15) is 11.4 Å². The van der Waals surface area contributed by atoms with Gasteiger partial charge in [-0.05, 0) is 25.3 Å². The largest absolute Gasteiger partial charge is 0.487 e. The highest BCUT2D eigenvalue weighted by molar-refractivity contribution is 5.79. The first kappa shape index (κ1) is 18.3. The first-order valence-corrected chi connectivity index (χ1v) is 9.96. The molecule has 2 fully saturated rings. The monoisotopic (exact) mass is 372 g/mol. The number of amides is 2. The Balaban J connectivity index is 1.56. The Morgan fingerprint density at radius 1 is 1.22 bits per heavy atom. The second-order valence-electron chi connectivity index (χ2n) is 8.04. The van der Waals surface area contributed by atoms with Gasteiger partial charge in [0, 0.05) is 57.6 Å². The summed E-state index contributed by atoms with van der Waals surface area (Å²) in [5.74, 6) is 1.12. The molecule has 3 aliphatic heterocycles. The van der Waals surface area contributed by atoms with Crippen molar-refractivity contribution in [2.45, 2.75) is 50.2 Å². The predicted molar refractivity (Wildman–Crippen MR) is 100 cm³/mol. The number of ether oxygens (including phenoxy) is 2. The maximum absolute atomic E-state index is 12.8. The summed E-state index contributed by atoms with van der Waals surface area (Å²) in [5.41, 5.74) is 0.634. The van der Waals surface area contributed by atoms with Crippen LogP contribution in [0.3, 0.4) is 0 Å². The van der Waals surface area contributed by atoms with Crippen LogP contribution in [-0.2, 0) is 14.3 Å². The minimum absolute atomic E-state index is 0.0200. The molecule has 0 radical (unpaired) electrons. The third kappa shape index (κ3) is 3.81. The molecule has 0 aromatic heterocycles. The van der Waals surface area contributed by atoms with Gasteiger partial charge in [-0.1, -0.05) is 18.2 Å². The molecule has 1 aromatic carbocycles. The van der Waals surface area contributed by atoms with Crippen molar-refractivity contribution in [2.75, 3.05) is 26.8 Å². The van der Waals surface area contributed by atoms with Gasteiger partial charge in [-0.2, -0.15) is 0 Å². The van der Waals surface area contributed by atoms with Gasteiger partial charge in [-0.15, -0.1) is 0 Å². The number of carbonyl (C=O) groups is 2. The minimum Gasteiger partial charge on any atom is -0.487 e. The molecule has 0 aliphatic carbocycles. The highest BCUT2D eigenvalue weighted by atomic mass is 16.5. The van der Waals surface area contributed by atoms with E-state index in [2.05, 4.69) is 5.32 Å². The Hall–Kier alpha value is -2.08. The Morgan fingerprint density at radius 3 is 2.81 bits per heavy atom. The second kappa shape index (κ2) is 7.50. The van der Waals surface area contributed by atoms with E-state index in [0.29, 0.717) is 39.0 Å². The molecule has 2 amide bonds. The molecule has 6 nitrogen and oxygen atoms in total. The van der Waals surface area contributed by atoms with Crippen molar-refractivity contribution < 1.29 is 19.1 Å². The number of likely N-dealkylation sites (tertiary alicyclic amines) is 1. The third-order valence-electron chi connectivity index (χ3n) is 6.23. The van der Waals surface area contributed by atoms with E-state index in [9.17, 15) is 9.59 Å². The van der Waals surface area contributed by atoms with Crippen LogP contribution < -0.4 is 10.1 Å². The topological polar surface area (TPSA) is 67.9 Å². The summed E-state index contributed by atoms with van der Waals surface area (Å²) < 4.78 is 11.8. The minimum atomic E-state index is -0.400. The van der Waals surface area contributed by atoms with Crippen LogP contribution in [0, 0.1) is 5.92 Å². The van der Waals surface area contributed by atoms with Crippen LogP contribution in [0.5, 0.6) is 5.75 Å². The highest BCUT2D eigenvalue weighted by Gasteiger charge is 2.43. The number of nitrogens with one attached hydrogen (secondary N) is 1. The van der Waals surface area contributed by atoms with Gasteiger partial charge in [0.25, 0.3) is 0 Å². The molecule has 1 aromatic rings. The van der Waals surface area contributed by atoms with E-state index in [1.807, 2.05) is 31.3 Å². The van der Waals surface area contributed by atoms with E-state index in [1.54, 1.807) is 4.90 Å². The number of carbonyl (C=O) groups excluding carboxylic acids is 2. The van der Waals surface area contributed by atoms with Crippen LogP contribution in [-0.4, -0.2) is 49.1 Å².